The fraction of sp³-hybridized carbons (Fsp3) is 0.548. The van der Waals surface area contributed by atoms with Gasteiger partial charge in [-0.15, -0.1) is 10.2 Å². The lowest BCUT2D eigenvalue weighted by Gasteiger charge is -2.22. The minimum absolute atomic E-state index is 0.200. The van der Waals surface area contributed by atoms with Crippen molar-refractivity contribution in [1.29, 1.82) is 0 Å². The second-order valence-corrected chi connectivity index (χ2v) is 19.0. The third kappa shape index (κ3) is 8.67. The van der Waals surface area contributed by atoms with Crippen LogP contribution in [0.15, 0.2) is 36.8 Å². The quantitative estimate of drug-likeness (QED) is 0.0590. The van der Waals surface area contributed by atoms with Crippen LogP contribution in [0.2, 0.25) is 25.7 Å². The molecule has 0 saturated heterocycles. The number of nitrogens with zero attached hydrogens (tertiary/aromatic N) is 7. The molecule has 0 amide bonds. The van der Waals surface area contributed by atoms with Gasteiger partial charge >= 0.3 is 5.97 Å². The molecule has 1 aliphatic carbocycles. The summed E-state index contributed by atoms with van der Waals surface area (Å²) in [5.74, 6) is 1.06. The topological polar surface area (TPSA) is 108 Å². The van der Waals surface area contributed by atoms with Gasteiger partial charge in [0.05, 0.1) is 36.8 Å². The van der Waals surface area contributed by atoms with E-state index in [-0.39, 0.29) is 12.4 Å². The lowest BCUT2D eigenvalue weighted by molar-refractivity contribution is -0.144. The molecule has 0 spiro atoms. The van der Waals surface area contributed by atoms with Crippen LogP contribution in [0.5, 0.6) is 0 Å². The van der Waals surface area contributed by atoms with Crippen molar-refractivity contribution >= 4 is 47.4 Å². The summed E-state index contributed by atoms with van der Waals surface area (Å²) < 4.78 is 13.2. The van der Waals surface area contributed by atoms with Crippen molar-refractivity contribution in [1.82, 2.24) is 29.9 Å². The van der Waals surface area contributed by atoms with E-state index < -0.39 is 8.07 Å². The first kappa shape index (κ1) is 31.2. The van der Waals surface area contributed by atoms with Gasteiger partial charge in [0.25, 0.3) is 0 Å². The Hall–Kier alpha value is -3.22. The van der Waals surface area contributed by atoms with E-state index in [9.17, 15) is 4.79 Å². The van der Waals surface area contributed by atoms with Crippen molar-refractivity contribution < 1.29 is 14.3 Å². The summed E-state index contributed by atoms with van der Waals surface area (Å²) in [6.07, 6.45) is 12.6. The summed E-state index contributed by atoms with van der Waals surface area (Å²) in [6.45, 7) is 11.1. The maximum Gasteiger partial charge on any atom is 0.307 e. The molecule has 4 heterocycles. The van der Waals surface area contributed by atoms with Crippen LogP contribution in [-0.4, -0.2) is 63.9 Å². The summed E-state index contributed by atoms with van der Waals surface area (Å²) in [7, 11) is -1.22. The molecule has 0 bridgehead atoms. The van der Waals surface area contributed by atoms with Crippen LogP contribution in [0.3, 0.4) is 0 Å². The van der Waals surface area contributed by atoms with Crippen molar-refractivity contribution in [3.05, 3.63) is 41.8 Å². The van der Waals surface area contributed by atoms with Crippen LogP contribution in [0.1, 0.15) is 62.8 Å². The van der Waals surface area contributed by atoms with Crippen molar-refractivity contribution in [2.75, 3.05) is 24.8 Å². The predicted octanol–water partition coefficient (Wildman–Crippen LogP) is 7.19. The van der Waals surface area contributed by atoms with Crippen LogP contribution >= 0.6 is 11.3 Å². The average Bonchev–Trinajstić information content (AvgIpc) is 3.77. The Bertz CT molecular complexity index is 1500. The molecular formula is C31H43N7O3SSi. The Morgan fingerprint density at radius 3 is 2.72 bits per heavy atom. The number of hydrogen-bond acceptors (Lipinski definition) is 10. The van der Waals surface area contributed by atoms with Gasteiger partial charge in [-0.1, -0.05) is 57.2 Å². The molecule has 5 rings (SSSR count). The number of rotatable bonds is 15. The number of pyridine rings is 2. The summed E-state index contributed by atoms with van der Waals surface area (Å²) in [5, 5.41) is 15.5. The number of hydrogen-bond donors (Lipinski definition) is 0. The highest BCUT2D eigenvalue weighted by Gasteiger charge is 2.24. The number of carbonyl (C=O) groups excluding carboxylic acids is 1. The van der Waals surface area contributed by atoms with E-state index in [4.69, 9.17) is 14.5 Å². The van der Waals surface area contributed by atoms with Crippen molar-refractivity contribution in [2.45, 2.75) is 90.0 Å². The van der Waals surface area contributed by atoms with E-state index >= 15 is 0 Å². The monoisotopic (exact) mass is 621 g/mol. The molecule has 230 valence electrons. The third-order valence-corrected chi connectivity index (χ3v) is 10.5. The number of aromatic nitrogens is 6. The Labute approximate surface area is 258 Å². The summed E-state index contributed by atoms with van der Waals surface area (Å²) in [6, 6.07) is 7.09. The molecule has 43 heavy (non-hydrogen) atoms. The SMILES string of the molecule is CCCCOC(=O)CCn1cc(-c2cnc3ccc(N(COCC[Si](C)(C)C)c4nnc(C5CCCC5)s4)nc3c2)cn1. The number of anilines is 2. The third-order valence-electron chi connectivity index (χ3n) is 7.65. The zero-order chi connectivity index (χ0) is 30.2. The van der Waals surface area contributed by atoms with Gasteiger partial charge in [0.15, 0.2) is 0 Å². The summed E-state index contributed by atoms with van der Waals surface area (Å²) in [5.41, 5.74) is 3.40. The van der Waals surface area contributed by atoms with Crippen molar-refractivity contribution in [3.63, 3.8) is 0 Å². The largest absolute Gasteiger partial charge is 0.466 e. The minimum atomic E-state index is -1.22. The zero-order valence-electron chi connectivity index (χ0n) is 25.8. The van der Waals surface area contributed by atoms with E-state index in [1.54, 1.807) is 22.2 Å². The van der Waals surface area contributed by atoms with Gasteiger partial charge in [0.1, 0.15) is 17.6 Å². The van der Waals surface area contributed by atoms with Crippen LogP contribution in [0.4, 0.5) is 10.9 Å². The van der Waals surface area contributed by atoms with E-state index in [1.807, 2.05) is 35.5 Å². The van der Waals surface area contributed by atoms with E-state index in [0.717, 1.165) is 57.0 Å². The van der Waals surface area contributed by atoms with Gasteiger partial charge in [-0.3, -0.25) is 19.4 Å². The smallest absolute Gasteiger partial charge is 0.307 e. The highest BCUT2D eigenvalue weighted by Crippen LogP contribution is 2.38. The summed E-state index contributed by atoms with van der Waals surface area (Å²) in [4.78, 5) is 23.7. The standard InChI is InChI=1S/C31H43N7O3SSi/c1-5-6-15-41-29(39)13-14-37-21-25(20-33-37)24-18-27-26(32-19-24)11-12-28(34-27)38(22-40-16-17-43(2,3)4)31-36-35-30(42-31)23-9-7-8-10-23/h11-12,18-21,23H,5-10,13-17,22H2,1-4H3. The zero-order valence-corrected chi connectivity index (χ0v) is 27.6. The number of carbonyl (C=O) groups is 1. The first-order valence-corrected chi connectivity index (χ1v) is 20.0. The van der Waals surface area contributed by atoms with E-state index in [2.05, 4.69) is 46.8 Å². The van der Waals surface area contributed by atoms with Crippen molar-refractivity contribution in [3.8, 4) is 11.1 Å². The molecule has 1 aliphatic rings. The fourth-order valence-electron chi connectivity index (χ4n) is 4.97. The first-order valence-electron chi connectivity index (χ1n) is 15.4. The van der Waals surface area contributed by atoms with Gasteiger partial charge < -0.3 is 9.47 Å². The van der Waals surface area contributed by atoms with Gasteiger partial charge in [0.2, 0.25) is 5.13 Å². The Balaban J connectivity index is 1.33. The second kappa shape index (κ2) is 14.5. The highest BCUT2D eigenvalue weighted by atomic mass is 32.1. The molecule has 1 saturated carbocycles. The molecule has 4 aromatic heterocycles. The number of aryl methyl sites for hydroxylation is 1. The number of unbranched alkanes of at least 4 members (excludes halogenated alkanes) is 1. The molecule has 0 aromatic carbocycles. The molecule has 0 N–H and O–H groups in total. The first-order chi connectivity index (χ1) is 20.8. The van der Waals surface area contributed by atoms with Gasteiger partial charge in [-0.05, 0) is 43.5 Å². The normalized spacial score (nSPS) is 14.0. The maximum absolute atomic E-state index is 12.0. The number of esters is 1. The Kier molecular flexibility index (Phi) is 10.5. The molecule has 0 aliphatic heterocycles. The number of fused-ring (bicyclic) bond motifs is 1. The van der Waals surface area contributed by atoms with Crippen LogP contribution in [0.25, 0.3) is 22.2 Å². The van der Waals surface area contributed by atoms with Gasteiger partial charge in [0, 0.05) is 44.1 Å². The molecule has 4 aromatic rings. The van der Waals surface area contributed by atoms with Crippen LogP contribution in [0, 0.1) is 0 Å². The second-order valence-electron chi connectivity index (χ2n) is 12.4. The molecule has 0 radical (unpaired) electrons. The average molecular weight is 622 g/mol. The molecule has 1 fully saturated rings. The summed E-state index contributed by atoms with van der Waals surface area (Å²) >= 11 is 1.65. The Morgan fingerprint density at radius 2 is 1.93 bits per heavy atom. The molecule has 10 nitrogen and oxygen atoms in total. The molecule has 0 atom stereocenters. The fourth-order valence-corrected chi connectivity index (χ4v) is 6.74. The maximum atomic E-state index is 12.0. The van der Waals surface area contributed by atoms with Crippen LogP contribution < -0.4 is 4.90 Å². The van der Waals surface area contributed by atoms with E-state index in [1.165, 1.54) is 25.7 Å². The highest BCUT2D eigenvalue weighted by molar-refractivity contribution is 7.15. The van der Waals surface area contributed by atoms with Gasteiger partial charge in [-0.25, -0.2) is 4.98 Å². The molecule has 0 unspecified atom stereocenters. The van der Waals surface area contributed by atoms with Crippen molar-refractivity contribution in [2.24, 2.45) is 0 Å². The molecule has 12 heteroatoms. The minimum Gasteiger partial charge on any atom is -0.466 e. The van der Waals surface area contributed by atoms with Gasteiger partial charge in [-0.2, -0.15) is 5.10 Å². The lowest BCUT2D eigenvalue weighted by Crippen LogP contribution is -2.26. The predicted molar refractivity (Wildman–Crippen MR) is 173 cm³/mol. The molecular weight excluding hydrogens is 579 g/mol. The van der Waals surface area contributed by atoms with Crippen LogP contribution in [-0.2, 0) is 20.8 Å². The Morgan fingerprint density at radius 1 is 1.09 bits per heavy atom. The van der Waals surface area contributed by atoms with E-state index in [0.29, 0.717) is 32.4 Å². The number of ether oxygens (including phenoxy) is 2. The lowest BCUT2D eigenvalue weighted by atomic mass is 10.1.